The molecule has 0 spiro atoms. The Morgan fingerprint density at radius 3 is 2.54 bits per heavy atom. The van der Waals surface area contributed by atoms with Crippen molar-refractivity contribution in [1.29, 1.82) is 0 Å². The summed E-state index contributed by atoms with van der Waals surface area (Å²) in [6.07, 6.45) is 4.09. The highest BCUT2D eigenvalue weighted by molar-refractivity contribution is 6.00. The molecule has 28 heavy (non-hydrogen) atoms. The average Bonchev–Trinajstić information content (AvgIpc) is 3.19. The summed E-state index contributed by atoms with van der Waals surface area (Å²) in [7, 11) is 1.64. The molecule has 1 unspecified atom stereocenters. The zero-order valence-electron chi connectivity index (χ0n) is 16.3. The van der Waals surface area contributed by atoms with Crippen LogP contribution in [0, 0.1) is 5.92 Å². The third-order valence-corrected chi connectivity index (χ3v) is 5.27. The van der Waals surface area contributed by atoms with Crippen LogP contribution in [0.3, 0.4) is 0 Å². The summed E-state index contributed by atoms with van der Waals surface area (Å²) in [5.74, 6) is 1.37. The molecule has 1 aliphatic heterocycles. The Balaban J connectivity index is 1.76. The van der Waals surface area contributed by atoms with Crippen LogP contribution >= 0.6 is 0 Å². The first kappa shape index (κ1) is 18.3. The van der Waals surface area contributed by atoms with Gasteiger partial charge in [-0.3, -0.25) is 4.79 Å². The SMILES string of the molecule is COc1ccc(-c2nn(-c3ccccc3)cc2C(=O)N2CCCC(C)C2)cc1. The maximum absolute atomic E-state index is 13.4. The van der Waals surface area contributed by atoms with E-state index in [1.54, 1.807) is 11.8 Å². The summed E-state index contributed by atoms with van der Waals surface area (Å²) >= 11 is 0. The van der Waals surface area contributed by atoms with Gasteiger partial charge in [0, 0.05) is 24.8 Å². The summed E-state index contributed by atoms with van der Waals surface area (Å²) in [6, 6.07) is 17.6. The van der Waals surface area contributed by atoms with E-state index < -0.39 is 0 Å². The summed E-state index contributed by atoms with van der Waals surface area (Å²) in [5, 5.41) is 4.77. The second kappa shape index (κ2) is 7.89. The van der Waals surface area contributed by atoms with Gasteiger partial charge in [0.2, 0.25) is 0 Å². The number of methoxy groups -OCH3 is 1. The third-order valence-electron chi connectivity index (χ3n) is 5.27. The van der Waals surface area contributed by atoms with Gasteiger partial charge in [-0.05, 0) is 55.2 Å². The van der Waals surface area contributed by atoms with Crippen LogP contribution in [0.2, 0.25) is 0 Å². The lowest BCUT2D eigenvalue weighted by Gasteiger charge is -2.30. The average molecular weight is 375 g/mol. The zero-order chi connectivity index (χ0) is 19.5. The first-order valence-corrected chi connectivity index (χ1v) is 9.74. The van der Waals surface area contributed by atoms with Gasteiger partial charge in [-0.1, -0.05) is 25.1 Å². The largest absolute Gasteiger partial charge is 0.497 e. The normalized spacial score (nSPS) is 16.8. The van der Waals surface area contributed by atoms with E-state index in [4.69, 9.17) is 9.84 Å². The van der Waals surface area contributed by atoms with Gasteiger partial charge in [0.1, 0.15) is 11.4 Å². The van der Waals surface area contributed by atoms with Crippen molar-refractivity contribution in [3.05, 3.63) is 66.4 Å². The maximum Gasteiger partial charge on any atom is 0.257 e. The lowest BCUT2D eigenvalue weighted by Crippen LogP contribution is -2.39. The molecule has 2 aromatic carbocycles. The summed E-state index contributed by atoms with van der Waals surface area (Å²) in [5.41, 5.74) is 3.19. The molecule has 0 bridgehead atoms. The molecule has 1 amide bonds. The highest BCUT2D eigenvalue weighted by Gasteiger charge is 2.26. The van der Waals surface area contributed by atoms with Crippen molar-refractivity contribution < 1.29 is 9.53 Å². The summed E-state index contributed by atoms with van der Waals surface area (Å²) in [4.78, 5) is 15.3. The second-order valence-corrected chi connectivity index (χ2v) is 7.40. The molecule has 4 rings (SSSR count). The van der Waals surface area contributed by atoms with E-state index in [0.29, 0.717) is 17.2 Å². The second-order valence-electron chi connectivity index (χ2n) is 7.40. The highest BCUT2D eigenvalue weighted by Crippen LogP contribution is 2.28. The first-order chi connectivity index (χ1) is 13.7. The number of amides is 1. The molecule has 5 heteroatoms. The zero-order valence-corrected chi connectivity index (χ0v) is 16.3. The minimum atomic E-state index is 0.0551. The fourth-order valence-corrected chi connectivity index (χ4v) is 3.75. The number of nitrogens with zero attached hydrogens (tertiary/aromatic N) is 3. The number of piperidine rings is 1. The molecule has 0 saturated carbocycles. The van der Waals surface area contributed by atoms with E-state index in [9.17, 15) is 4.79 Å². The smallest absolute Gasteiger partial charge is 0.257 e. The van der Waals surface area contributed by atoms with Gasteiger partial charge < -0.3 is 9.64 Å². The van der Waals surface area contributed by atoms with Crippen LogP contribution in [0.4, 0.5) is 0 Å². The number of likely N-dealkylation sites (tertiary alicyclic amines) is 1. The maximum atomic E-state index is 13.4. The monoisotopic (exact) mass is 375 g/mol. The van der Waals surface area contributed by atoms with E-state index in [1.807, 2.05) is 65.7 Å². The van der Waals surface area contributed by atoms with Crippen LogP contribution in [-0.2, 0) is 0 Å². The van der Waals surface area contributed by atoms with E-state index in [-0.39, 0.29) is 5.91 Å². The fraction of sp³-hybridized carbons (Fsp3) is 0.304. The molecule has 1 aliphatic rings. The number of aromatic nitrogens is 2. The topological polar surface area (TPSA) is 47.4 Å². The molecule has 1 fully saturated rings. The molecule has 0 radical (unpaired) electrons. The number of benzene rings is 2. The van der Waals surface area contributed by atoms with Crippen LogP contribution < -0.4 is 4.74 Å². The minimum absolute atomic E-state index is 0.0551. The van der Waals surface area contributed by atoms with Crippen molar-refractivity contribution in [2.45, 2.75) is 19.8 Å². The van der Waals surface area contributed by atoms with Gasteiger partial charge in [0.25, 0.3) is 5.91 Å². The molecule has 1 atom stereocenters. The summed E-state index contributed by atoms with van der Waals surface area (Å²) in [6.45, 7) is 3.82. The molecule has 1 aromatic heterocycles. The predicted octanol–water partition coefficient (Wildman–Crippen LogP) is 4.42. The number of hydrogen-bond donors (Lipinski definition) is 0. The van der Waals surface area contributed by atoms with Crippen LogP contribution in [0.1, 0.15) is 30.1 Å². The Hall–Kier alpha value is -3.08. The Labute approximate surface area is 165 Å². The van der Waals surface area contributed by atoms with E-state index in [0.717, 1.165) is 36.5 Å². The molecule has 144 valence electrons. The molecule has 2 heterocycles. The van der Waals surface area contributed by atoms with Gasteiger partial charge in [-0.15, -0.1) is 0 Å². The third kappa shape index (κ3) is 3.65. The van der Waals surface area contributed by atoms with Crippen molar-refractivity contribution in [2.75, 3.05) is 20.2 Å². The van der Waals surface area contributed by atoms with Crippen LogP contribution in [-0.4, -0.2) is 40.8 Å². The van der Waals surface area contributed by atoms with Crippen molar-refractivity contribution >= 4 is 5.91 Å². The van der Waals surface area contributed by atoms with Gasteiger partial charge in [0.05, 0.1) is 18.4 Å². The lowest BCUT2D eigenvalue weighted by molar-refractivity contribution is 0.0684. The van der Waals surface area contributed by atoms with Crippen molar-refractivity contribution in [2.24, 2.45) is 5.92 Å². The molecular weight excluding hydrogens is 350 g/mol. The Morgan fingerprint density at radius 2 is 1.86 bits per heavy atom. The van der Waals surface area contributed by atoms with Crippen LogP contribution in [0.15, 0.2) is 60.8 Å². The molecule has 3 aromatic rings. The number of rotatable bonds is 4. The number of ether oxygens (including phenoxy) is 1. The van der Waals surface area contributed by atoms with Crippen molar-refractivity contribution in [3.63, 3.8) is 0 Å². The van der Waals surface area contributed by atoms with E-state index in [1.165, 1.54) is 6.42 Å². The minimum Gasteiger partial charge on any atom is -0.497 e. The van der Waals surface area contributed by atoms with Crippen molar-refractivity contribution in [3.8, 4) is 22.7 Å². The first-order valence-electron chi connectivity index (χ1n) is 9.74. The number of carbonyl (C=O) groups excluding carboxylic acids is 1. The molecule has 0 aliphatic carbocycles. The number of hydrogen-bond acceptors (Lipinski definition) is 3. The molecule has 5 nitrogen and oxygen atoms in total. The molecular formula is C23H25N3O2. The van der Waals surface area contributed by atoms with Gasteiger partial charge in [0.15, 0.2) is 0 Å². The van der Waals surface area contributed by atoms with E-state index >= 15 is 0 Å². The summed E-state index contributed by atoms with van der Waals surface area (Å²) < 4.78 is 7.06. The number of carbonyl (C=O) groups is 1. The van der Waals surface area contributed by atoms with Gasteiger partial charge in [-0.2, -0.15) is 5.10 Å². The van der Waals surface area contributed by atoms with Gasteiger partial charge >= 0.3 is 0 Å². The Kier molecular flexibility index (Phi) is 5.15. The van der Waals surface area contributed by atoms with Crippen LogP contribution in [0.5, 0.6) is 5.75 Å². The highest BCUT2D eigenvalue weighted by atomic mass is 16.5. The van der Waals surface area contributed by atoms with Crippen molar-refractivity contribution in [1.82, 2.24) is 14.7 Å². The molecule has 0 N–H and O–H groups in total. The Morgan fingerprint density at radius 1 is 1.11 bits per heavy atom. The number of para-hydroxylation sites is 1. The predicted molar refractivity (Wildman–Crippen MR) is 110 cm³/mol. The Bertz CT molecular complexity index is 948. The fourth-order valence-electron chi connectivity index (χ4n) is 3.75. The lowest BCUT2D eigenvalue weighted by atomic mass is 9.99. The van der Waals surface area contributed by atoms with Gasteiger partial charge in [-0.25, -0.2) is 4.68 Å². The molecule has 1 saturated heterocycles. The standard InChI is InChI=1S/C23H25N3O2/c1-17-7-6-14-25(15-17)23(27)21-16-26(19-8-4-3-5-9-19)24-22(21)18-10-12-20(28-2)13-11-18/h3-5,8-13,16-17H,6-7,14-15H2,1-2H3. The van der Waals surface area contributed by atoms with E-state index in [2.05, 4.69) is 6.92 Å². The van der Waals surface area contributed by atoms with Crippen LogP contribution in [0.25, 0.3) is 16.9 Å². The quantitative estimate of drug-likeness (QED) is 0.678.